The van der Waals surface area contributed by atoms with Crippen LogP contribution in [0.2, 0.25) is 0 Å². The first kappa shape index (κ1) is 18.7. The Morgan fingerprint density at radius 3 is 2.50 bits per heavy atom. The van der Waals surface area contributed by atoms with E-state index in [0.717, 1.165) is 5.69 Å². The summed E-state index contributed by atoms with van der Waals surface area (Å²) in [7, 11) is 3.08. The smallest absolute Gasteiger partial charge is 0.257 e. The van der Waals surface area contributed by atoms with Crippen LogP contribution in [0.3, 0.4) is 0 Å². The molecule has 2 aromatic carbocycles. The van der Waals surface area contributed by atoms with Crippen LogP contribution in [0.4, 0.5) is 17.2 Å². The van der Waals surface area contributed by atoms with Crippen LogP contribution in [-0.4, -0.2) is 25.1 Å². The fourth-order valence-electron chi connectivity index (χ4n) is 2.53. The minimum Gasteiger partial charge on any atom is -0.493 e. The predicted molar refractivity (Wildman–Crippen MR) is 106 cm³/mol. The van der Waals surface area contributed by atoms with Crippen LogP contribution in [0, 0.1) is 11.3 Å². The van der Waals surface area contributed by atoms with Gasteiger partial charge in [-0.05, 0) is 42.5 Å². The number of nitrogens with zero attached hydrogens (tertiary/aromatic N) is 2. The normalized spacial score (nSPS) is 9.89. The van der Waals surface area contributed by atoms with Crippen molar-refractivity contribution in [3.63, 3.8) is 0 Å². The molecule has 0 fully saturated rings. The topological polar surface area (TPSA) is 96.3 Å². The first-order chi connectivity index (χ1) is 13.6. The maximum absolute atomic E-state index is 12.4. The number of methoxy groups -OCH3 is 2. The van der Waals surface area contributed by atoms with E-state index < -0.39 is 0 Å². The number of ether oxygens (including phenoxy) is 2. The maximum atomic E-state index is 12.4. The third kappa shape index (κ3) is 4.37. The fourth-order valence-corrected chi connectivity index (χ4v) is 2.53. The highest BCUT2D eigenvalue weighted by atomic mass is 16.5. The van der Waals surface area contributed by atoms with E-state index in [2.05, 4.69) is 21.7 Å². The number of hydrogen-bond donors (Lipinski definition) is 2. The summed E-state index contributed by atoms with van der Waals surface area (Å²) in [6.07, 6.45) is 1.48. The number of carbonyl (C=O) groups is 1. The second-order valence-electron chi connectivity index (χ2n) is 5.77. The highest BCUT2D eigenvalue weighted by molar-refractivity contribution is 6.04. The molecule has 0 atom stereocenters. The molecule has 0 aliphatic heterocycles. The van der Waals surface area contributed by atoms with E-state index in [-0.39, 0.29) is 5.91 Å². The van der Waals surface area contributed by atoms with Crippen molar-refractivity contribution in [3.8, 4) is 17.6 Å². The van der Waals surface area contributed by atoms with E-state index in [9.17, 15) is 4.79 Å². The summed E-state index contributed by atoms with van der Waals surface area (Å²) in [5, 5.41) is 14.9. The van der Waals surface area contributed by atoms with Crippen molar-refractivity contribution >= 4 is 23.1 Å². The number of nitriles is 1. The Morgan fingerprint density at radius 1 is 1.00 bits per heavy atom. The van der Waals surface area contributed by atoms with Crippen molar-refractivity contribution in [1.82, 2.24) is 4.98 Å². The molecule has 0 aliphatic rings. The highest BCUT2D eigenvalue weighted by Gasteiger charge is 2.10. The van der Waals surface area contributed by atoms with Gasteiger partial charge < -0.3 is 20.1 Å². The Hall–Kier alpha value is -4.05. The maximum Gasteiger partial charge on any atom is 0.257 e. The molecule has 28 heavy (non-hydrogen) atoms. The number of anilines is 3. The molecular weight excluding hydrogens is 356 g/mol. The van der Waals surface area contributed by atoms with Crippen LogP contribution in [0.15, 0.2) is 60.8 Å². The molecule has 0 spiro atoms. The van der Waals surface area contributed by atoms with Crippen molar-refractivity contribution in [2.24, 2.45) is 0 Å². The lowest BCUT2D eigenvalue weighted by molar-refractivity contribution is 0.102. The fraction of sp³-hybridized carbons (Fsp3) is 0.0952. The van der Waals surface area contributed by atoms with Crippen molar-refractivity contribution in [1.29, 1.82) is 5.26 Å². The van der Waals surface area contributed by atoms with E-state index in [4.69, 9.17) is 14.7 Å². The zero-order valence-corrected chi connectivity index (χ0v) is 15.4. The molecule has 1 amide bonds. The second-order valence-corrected chi connectivity index (χ2v) is 5.77. The van der Waals surface area contributed by atoms with Crippen LogP contribution in [0.1, 0.15) is 15.9 Å². The van der Waals surface area contributed by atoms with Gasteiger partial charge in [0, 0.05) is 23.6 Å². The van der Waals surface area contributed by atoms with Crippen molar-refractivity contribution in [2.45, 2.75) is 0 Å². The standard InChI is InChI=1S/C21H18N4O3/c1-27-18-8-7-17(11-19(18)28-2)25-21(26)15-6-9-20(23-13-15)24-16-5-3-4-14(10-16)12-22/h3-11,13H,1-2H3,(H,23,24)(H,25,26). The minimum absolute atomic E-state index is 0.294. The summed E-state index contributed by atoms with van der Waals surface area (Å²) < 4.78 is 10.4. The molecule has 7 heteroatoms. The summed E-state index contributed by atoms with van der Waals surface area (Å²) in [6.45, 7) is 0. The molecule has 140 valence electrons. The van der Waals surface area contributed by atoms with Gasteiger partial charge in [0.05, 0.1) is 31.4 Å². The molecule has 0 bridgehead atoms. The number of nitrogens with one attached hydrogen (secondary N) is 2. The number of hydrogen-bond acceptors (Lipinski definition) is 6. The van der Waals surface area contributed by atoms with Gasteiger partial charge in [0.1, 0.15) is 5.82 Å². The molecule has 3 rings (SSSR count). The van der Waals surface area contributed by atoms with Crippen molar-refractivity contribution in [3.05, 3.63) is 71.9 Å². The summed E-state index contributed by atoms with van der Waals surface area (Å²) >= 11 is 0. The quantitative estimate of drug-likeness (QED) is 0.678. The van der Waals surface area contributed by atoms with Gasteiger partial charge in [-0.1, -0.05) is 6.07 Å². The molecular formula is C21H18N4O3. The Bertz CT molecular complexity index is 1030. The van der Waals surface area contributed by atoms with E-state index in [1.807, 2.05) is 6.07 Å². The van der Waals surface area contributed by atoms with E-state index in [0.29, 0.717) is 34.1 Å². The van der Waals surface area contributed by atoms with Gasteiger partial charge in [-0.15, -0.1) is 0 Å². The molecule has 0 radical (unpaired) electrons. The average Bonchev–Trinajstić information content (AvgIpc) is 2.74. The summed E-state index contributed by atoms with van der Waals surface area (Å²) in [5.41, 5.74) is 2.29. The van der Waals surface area contributed by atoms with Gasteiger partial charge >= 0.3 is 0 Å². The van der Waals surface area contributed by atoms with Crippen molar-refractivity contribution < 1.29 is 14.3 Å². The lowest BCUT2D eigenvalue weighted by Gasteiger charge is -2.11. The molecule has 1 aromatic heterocycles. The second kappa shape index (κ2) is 8.56. The number of aromatic nitrogens is 1. The zero-order chi connectivity index (χ0) is 19.9. The van der Waals surface area contributed by atoms with Crippen molar-refractivity contribution in [2.75, 3.05) is 24.9 Å². The summed E-state index contributed by atoms with van der Waals surface area (Å²) in [6, 6.07) is 17.6. The van der Waals surface area contributed by atoms with E-state index >= 15 is 0 Å². The van der Waals surface area contributed by atoms with Crippen LogP contribution >= 0.6 is 0 Å². The van der Waals surface area contributed by atoms with E-state index in [1.54, 1.807) is 55.6 Å². The Labute approximate surface area is 162 Å². The Morgan fingerprint density at radius 2 is 1.82 bits per heavy atom. The lowest BCUT2D eigenvalue weighted by atomic mass is 10.2. The zero-order valence-electron chi connectivity index (χ0n) is 15.4. The predicted octanol–water partition coefficient (Wildman–Crippen LogP) is 3.97. The Balaban J connectivity index is 1.69. The minimum atomic E-state index is -0.294. The van der Waals surface area contributed by atoms with Crippen LogP contribution in [0.25, 0.3) is 0 Å². The number of benzene rings is 2. The van der Waals surface area contributed by atoms with Gasteiger partial charge in [-0.2, -0.15) is 5.26 Å². The highest BCUT2D eigenvalue weighted by Crippen LogP contribution is 2.30. The molecule has 7 nitrogen and oxygen atoms in total. The summed E-state index contributed by atoms with van der Waals surface area (Å²) in [5.74, 6) is 1.38. The number of amides is 1. The third-order valence-corrected chi connectivity index (χ3v) is 3.93. The SMILES string of the molecule is COc1ccc(NC(=O)c2ccc(Nc3cccc(C#N)c3)nc2)cc1OC. The first-order valence-corrected chi connectivity index (χ1v) is 8.39. The molecule has 0 saturated heterocycles. The molecule has 1 heterocycles. The molecule has 0 saturated carbocycles. The molecule has 0 unspecified atom stereocenters. The monoisotopic (exact) mass is 374 g/mol. The largest absolute Gasteiger partial charge is 0.493 e. The average molecular weight is 374 g/mol. The number of carbonyl (C=O) groups excluding carboxylic acids is 1. The van der Waals surface area contributed by atoms with Crippen LogP contribution in [0.5, 0.6) is 11.5 Å². The number of rotatable bonds is 6. The molecule has 0 aliphatic carbocycles. The van der Waals surface area contributed by atoms with Crippen LogP contribution in [-0.2, 0) is 0 Å². The van der Waals surface area contributed by atoms with Crippen LogP contribution < -0.4 is 20.1 Å². The molecule has 2 N–H and O–H groups in total. The summed E-state index contributed by atoms with van der Waals surface area (Å²) in [4.78, 5) is 16.7. The van der Waals surface area contributed by atoms with Gasteiger partial charge in [0.25, 0.3) is 5.91 Å². The van der Waals surface area contributed by atoms with Gasteiger partial charge in [-0.25, -0.2) is 4.98 Å². The number of pyridine rings is 1. The van der Waals surface area contributed by atoms with Gasteiger partial charge in [0.2, 0.25) is 0 Å². The first-order valence-electron chi connectivity index (χ1n) is 8.39. The lowest BCUT2D eigenvalue weighted by Crippen LogP contribution is -2.12. The van der Waals surface area contributed by atoms with Gasteiger partial charge in [0.15, 0.2) is 11.5 Å². The van der Waals surface area contributed by atoms with Gasteiger partial charge in [-0.3, -0.25) is 4.79 Å². The molecule has 3 aromatic rings. The Kier molecular flexibility index (Phi) is 5.72. The third-order valence-electron chi connectivity index (χ3n) is 3.93. The van der Waals surface area contributed by atoms with E-state index in [1.165, 1.54) is 13.3 Å².